The molecule has 0 saturated carbocycles. The summed E-state index contributed by atoms with van der Waals surface area (Å²) in [5.41, 5.74) is 0.978. The van der Waals surface area contributed by atoms with Gasteiger partial charge < -0.3 is 14.7 Å². The van der Waals surface area contributed by atoms with Crippen molar-refractivity contribution in [1.82, 2.24) is 0 Å². The van der Waals surface area contributed by atoms with Crippen LogP contribution in [0, 0.1) is 0 Å². The summed E-state index contributed by atoms with van der Waals surface area (Å²) in [5.74, 6) is -0.795. The molecule has 1 N–H and O–H groups in total. The minimum absolute atomic E-state index is 0.150. The fourth-order valence-corrected chi connectivity index (χ4v) is 2.71. The van der Waals surface area contributed by atoms with Crippen LogP contribution in [0.5, 0.6) is 0 Å². The summed E-state index contributed by atoms with van der Waals surface area (Å²) in [4.78, 5) is 13.2. The molecule has 4 nitrogen and oxygen atoms in total. The zero-order chi connectivity index (χ0) is 11.1. The third-order valence-corrected chi connectivity index (χ3v) is 3.36. The summed E-state index contributed by atoms with van der Waals surface area (Å²) in [5, 5.41) is 9.25. The van der Waals surface area contributed by atoms with Gasteiger partial charge >= 0.3 is 5.97 Å². The van der Waals surface area contributed by atoms with Crippen LogP contribution in [0.15, 0.2) is 30.3 Å². The summed E-state index contributed by atoms with van der Waals surface area (Å²) in [6, 6.07) is 9.40. The second-order valence-corrected chi connectivity index (χ2v) is 4.29. The number of hydrogen-bond donors (Lipinski definition) is 1. The van der Waals surface area contributed by atoms with E-state index in [0.29, 0.717) is 6.61 Å². The zero-order valence-corrected chi connectivity index (χ0v) is 8.74. The standard InChI is InChI=1S/C12H13NO3/c14-12(15)11-10-6-9(7-16-10)13(11)8-4-2-1-3-5-8/h1-5,9-11H,6-7H2,(H,14,15). The molecule has 16 heavy (non-hydrogen) atoms. The molecule has 3 unspecified atom stereocenters. The molecule has 0 aromatic heterocycles. The van der Waals surface area contributed by atoms with Crippen molar-refractivity contribution in [3.8, 4) is 0 Å². The van der Waals surface area contributed by atoms with Crippen molar-refractivity contribution in [1.29, 1.82) is 0 Å². The number of ether oxygens (including phenoxy) is 1. The van der Waals surface area contributed by atoms with Gasteiger partial charge in [-0.2, -0.15) is 0 Å². The minimum atomic E-state index is -0.795. The van der Waals surface area contributed by atoms with E-state index < -0.39 is 12.0 Å². The molecule has 0 radical (unpaired) electrons. The van der Waals surface area contributed by atoms with Crippen LogP contribution < -0.4 is 4.90 Å². The Morgan fingerprint density at radius 3 is 2.81 bits per heavy atom. The first-order valence-electron chi connectivity index (χ1n) is 5.45. The van der Waals surface area contributed by atoms with Crippen LogP contribution in [0.2, 0.25) is 0 Å². The number of carboxylic acids is 1. The highest BCUT2D eigenvalue weighted by Crippen LogP contribution is 2.37. The number of carbonyl (C=O) groups is 1. The Bertz CT molecular complexity index is 406. The lowest BCUT2D eigenvalue weighted by molar-refractivity contribution is -0.141. The number of benzene rings is 1. The number of para-hydroxylation sites is 1. The van der Waals surface area contributed by atoms with Crippen LogP contribution in [-0.4, -0.2) is 35.9 Å². The van der Waals surface area contributed by atoms with Gasteiger partial charge in [0.05, 0.1) is 18.8 Å². The van der Waals surface area contributed by atoms with E-state index in [1.807, 2.05) is 35.2 Å². The van der Waals surface area contributed by atoms with E-state index in [4.69, 9.17) is 4.74 Å². The Balaban J connectivity index is 1.97. The van der Waals surface area contributed by atoms with Crippen LogP contribution in [0.3, 0.4) is 0 Å². The number of nitrogens with zero attached hydrogens (tertiary/aromatic N) is 1. The van der Waals surface area contributed by atoms with Crippen LogP contribution in [-0.2, 0) is 9.53 Å². The Morgan fingerprint density at radius 1 is 1.38 bits per heavy atom. The van der Waals surface area contributed by atoms with Crippen molar-refractivity contribution in [3.63, 3.8) is 0 Å². The Hall–Kier alpha value is -1.55. The van der Waals surface area contributed by atoms with Gasteiger partial charge in [-0.25, -0.2) is 4.79 Å². The first-order chi connectivity index (χ1) is 7.77. The highest BCUT2D eigenvalue weighted by molar-refractivity contribution is 5.80. The van der Waals surface area contributed by atoms with E-state index in [9.17, 15) is 9.90 Å². The second-order valence-electron chi connectivity index (χ2n) is 4.29. The largest absolute Gasteiger partial charge is 0.480 e. The summed E-state index contributed by atoms with van der Waals surface area (Å²) >= 11 is 0. The minimum Gasteiger partial charge on any atom is -0.480 e. The lowest BCUT2D eigenvalue weighted by atomic mass is 10.1. The smallest absolute Gasteiger partial charge is 0.329 e. The van der Waals surface area contributed by atoms with Gasteiger partial charge in [0.25, 0.3) is 0 Å². The summed E-state index contributed by atoms with van der Waals surface area (Å²) in [7, 11) is 0. The topological polar surface area (TPSA) is 49.8 Å². The molecule has 2 bridgehead atoms. The van der Waals surface area contributed by atoms with Crippen molar-refractivity contribution >= 4 is 11.7 Å². The number of hydrogen-bond acceptors (Lipinski definition) is 3. The van der Waals surface area contributed by atoms with E-state index >= 15 is 0 Å². The van der Waals surface area contributed by atoms with Crippen LogP contribution >= 0.6 is 0 Å². The normalized spacial score (nSPS) is 32.0. The zero-order valence-electron chi connectivity index (χ0n) is 8.74. The molecule has 84 valence electrons. The second kappa shape index (κ2) is 3.49. The van der Waals surface area contributed by atoms with E-state index in [1.54, 1.807) is 0 Å². The lowest BCUT2D eigenvalue weighted by Gasteiger charge is -2.34. The number of carboxylic acid groups (broad SMARTS) is 1. The molecule has 0 amide bonds. The van der Waals surface area contributed by atoms with Crippen LogP contribution in [0.25, 0.3) is 0 Å². The molecule has 2 aliphatic rings. The number of morpholine rings is 1. The predicted octanol–water partition coefficient (Wildman–Crippen LogP) is 1.12. The van der Waals surface area contributed by atoms with Gasteiger partial charge in [-0.15, -0.1) is 0 Å². The van der Waals surface area contributed by atoms with E-state index in [0.717, 1.165) is 12.1 Å². The van der Waals surface area contributed by atoms with Crippen molar-refractivity contribution in [2.75, 3.05) is 11.5 Å². The third kappa shape index (κ3) is 1.30. The van der Waals surface area contributed by atoms with E-state index in [-0.39, 0.29) is 12.1 Å². The number of fused-ring (bicyclic) bond motifs is 2. The van der Waals surface area contributed by atoms with Crippen molar-refractivity contribution in [3.05, 3.63) is 30.3 Å². The maximum Gasteiger partial charge on any atom is 0.329 e. The van der Waals surface area contributed by atoms with Crippen molar-refractivity contribution in [2.24, 2.45) is 0 Å². The molecule has 0 aliphatic carbocycles. The van der Waals surface area contributed by atoms with Gasteiger partial charge in [-0.1, -0.05) is 18.2 Å². The molecule has 1 aromatic carbocycles. The maximum atomic E-state index is 11.3. The lowest BCUT2D eigenvalue weighted by Crippen LogP contribution is -2.50. The predicted molar refractivity (Wildman–Crippen MR) is 58.5 cm³/mol. The summed E-state index contributed by atoms with van der Waals surface area (Å²) < 4.78 is 5.46. The maximum absolute atomic E-state index is 11.3. The number of rotatable bonds is 2. The fourth-order valence-electron chi connectivity index (χ4n) is 2.71. The van der Waals surface area contributed by atoms with Gasteiger partial charge in [0.2, 0.25) is 0 Å². The summed E-state index contributed by atoms with van der Waals surface area (Å²) in [6.07, 6.45) is 0.675. The first kappa shape index (κ1) is 9.66. The molecule has 2 fully saturated rings. The molecule has 2 saturated heterocycles. The van der Waals surface area contributed by atoms with Gasteiger partial charge in [-0.05, 0) is 18.6 Å². The van der Waals surface area contributed by atoms with Crippen molar-refractivity contribution < 1.29 is 14.6 Å². The Labute approximate surface area is 93.4 Å². The van der Waals surface area contributed by atoms with Gasteiger partial charge in [0.1, 0.15) is 0 Å². The Morgan fingerprint density at radius 2 is 2.12 bits per heavy atom. The van der Waals surface area contributed by atoms with Gasteiger partial charge in [0, 0.05) is 5.69 Å². The SMILES string of the molecule is O=C(O)C1C2CC(CO2)N1c1ccccc1. The Kier molecular flexibility index (Phi) is 2.11. The van der Waals surface area contributed by atoms with Crippen LogP contribution in [0.1, 0.15) is 6.42 Å². The van der Waals surface area contributed by atoms with Crippen LogP contribution in [0.4, 0.5) is 5.69 Å². The van der Waals surface area contributed by atoms with E-state index in [1.165, 1.54) is 0 Å². The molecule has 2 heterocycles. The van der Waals surface area contributed by atoms with Crippen molar-refractivity contribution in [2.45, 2.75) is 24.6 Å². The fraction of sp³-hybridized carbons (Fsp3) is 0.417. The first-order valence-corrected chi connectivity index (χ1v) is 5.45. The highest BCUT2D eigenvalue weighted by Gasteiger charge is 2.50. The van der Waals surface area contributed by atoms with Gasteiger partial charge in [0.15, 0.2) is 6.04 Å². The van der Waals surface area contributed by atoms with E-state index in [2.05, 4.69) is 0 Å². The molecular weight excluding hydrogens is 206 g/mol. The highest BCUT2D eigenvalue weighted by atomic mass is 16.5. The average molecular weight is 219 g/mol. The molecule has 2 aliphatic heterocycles. The molecule has 0 spiro atoms. The molecule has 1 aromatic rings. The van der Waals surface area contributed by atoms with Gasteiger partial charge in [-0.3, -0.25) is 0 Å². The molecule has 4 heteroatoms. The summed E-state index contributed by atoms with van der Waals surface area (Å²) in [6.45, 7) is 0.642. The molecular formula is C12H13NO3. The third-order valence-electron chi connectivity index (χ3n) is 3.36. The molecule has 3 atom stereocenters. The number of anilines is 1. The quantitative estimate of drug-likeness (QED) is 0.809. The monoisotopic (exact) mass is 219 g/mol. The number of aliphatic carboxylic acids is 1. The average Bonchev–Trinajstić information content (AvgIpc) is 2.89. The molecule has 3 rings (SSSR count).